The standard InChI is InChI=1S/C23H32N4O4S/c28-22(25-10-12-26(13-11-25)23(29)19-4-5-19)17-24-8-14-27(15-9-24)32(30,31)21-7-6-18-2-1-3-20(18)16-21/h6-7,16,19H,1-5,8-15,17H2. The second-order valence-corrected chi connectivity index (χ2v) is 11.4. The zero-order chi connectivity index (χ0) is 22.3. The number of piperazine rings is 2. The number of sulfonamides is 1. The maximum absolute atomic E-state index is 13.1. The number of amides is 2. The zero-order valence-electron chi connectivity index (χ0n) is 18.5. The molecule has 0 bridgehead atoms. The molecule has 5 rings (SSSR count). The number of fused-ring (bicyclic) bond motifs is 1. The maximum atomic E-state index is 13.1. The molecule has 32 heavy (non-hydrogen) atoms. The number of hydrogen-bond donors (Lipinski definition) is 0. The molecule has 9 heteroatoms. The monoisotopic (exact) mass is 460 g/mol. The van der Waals surface area contributed by atoms with Crippen LogP contribution in [0.2, 0.25) is 0 Å². The van der Waals surface area contributed by atoms with Crippen LogP contribution in [0.4, 0.5) is 0 Å². The Morgan fingerprint density at radius 3 is 2.19 bits per heavy atom. The molecule has 2 aliphatic carbocycles. The molecule has 2 amide bonds. The second kappa shape index (κ2) is 8.76. The first-order valence-corrected chi connectivity index (χ1v) is 13.3. The van der Waals surface area contributed by atoms with Crippen molar-refractivity contribution in [2.45, 2.75) is 37.0 Å². The summed E-state index contributed by atoms with van der Waals surface area (Å²) >= 11 is 0. The van der Waals surface area contributed by atoms with Crippen molar-refractivity contribution < 1.29 is 18.0 Å². The van der Waals surface area contributed by atoms with E-state index < -0.39 is 10.0 Å². The number of benzene rings is 1. The van der Waals surface area contributed by atoms with E-state index in [1.807, 2.05) is 26.8 Å². The van der Waals surface area contributed by atoms with Crippen molar-refractivity contribution in [2.24, 2.45) is 5.92 Å². The quantitative estimate of drug-likeness (QED) is 0.642. The van der Waals surface area contributed by atoms with Crippen molar-refractivity contribution in [3.63, 3.8) is 0 Å². The summed E-state index contributed by atoms with van der Waals surface area (Å²) in [7, 11) is -3.50. The third-order valence-corrected chi connectivity index (χ3v) is 9.16. The Kier molecular flexibility index (Phi) is 5.98. The van der Waals surface area contributed by atoms with E-state index in [1.54, 1.807) is 10.4 Å². The predicted molar refractivity (Wildman–Crippen MR) is 120 cm³/mol. The molecule has 1 aromatic rings. The van der Waals surface area contributed by atoms with Gasteiger partial charge in [-0.05, 0) is 55.4 Å². The van der Waals surface area contributed by atoms with Crippen molar-refractivity contribution in [3.8, 4) is 0 Å². The highest BCUT2D eigenvalue weighted by Crippen LogP contribution is 2.31. The molecule has 2 heterocycles. The number of aryl methyl sites for hydroxylation is 2. The molecule has 0 aromatic heterocycles. The fraction of sp³-hybridized carbons (Fsp3) is 0.652. The molecule has 3 fully saturated rings. The summed E-state index contributed by atoms with van der Waals surface area (Å²) in [6, 6.07) is 5.55. The van der Waals surface area contributed by atoms with Crippen molar-refractivity contribution >= 4 is 21.8 Å². The van der Waals surface area contributed by atoms with Gasteiger partial charge in [0.05, 0.1) is 11.4 Å². The minimum atomic E-state index is -3.50. The van der Waals surface area contributed by atoms with Gasteiger partial charge < -0.3 is 9.80 Å². The Morgan fingerprint density at radius 2 is 1.50 bits per heavy atom. The van der Waals surface area contributed by atoms with E-state index >= 15 is 0 Å². The van der Waals surface area contributed by atoms with Gasteiger partial charge in [-0.2, -0.15) is 4.31 Å². The number of carbonyl (C=O) groups is 2. The third kappa shape index (κ3) is 4.43. The average molecular weight is 461 g/mol. The molecule has 0 spiro atoms. The number of hydrogen-bond acceptors (Lipinski definition) is 5. The number of rotatable bonds is 5. The lowest BCUT2D eigenvalue weighted by molar-refractivity contribution is -0.141. The Balaban J connectivity index is 1.11. The predicted octanol–water partition coefficient (Wildman–Crippen LogP) is 0.562. The minimum Gasteiger partial charge on any atom is -0.339 e. The molecule has 1 saturated carbocycles. The highest BCUT2D eigenvalue weighted by molar-refractivity contribution is 7.89. The first-order valence-electron chi connectivity index (χ1n) is 11.8. The van der Waals surface area contributed by atoms with E-state index in [0.29, 0.717) is 63.8 Å². The molecule has 2 saturated heterocycles. The highest BCUT2D eigenvalue weighted by Gasteiger charge is 2.36. The number of carbonyl (C=O) groups excluding carboxylic acids is 2. The highest BCUT2D eigenvalue weighted by atomic mass is 32.2. The average Bonchev–Trinajstić information content (AvgIpc) is 3.55. The first kappa shape index (κ1) is 21.9. The molecule has 0 N–H and O–H groups in total. The Labute approximate surface area is 190 Å². The topological polar surface area (TPSA) is 81.2 Å². The third-order valence-electron chi connectivity index (χ3n) is 7.27. The maximum Gasteiger partial charge on any atom is 0.243 e. The Bertz CT molecular complexity index is 991. The zero-order valence-corrected chi connectivity index (χ0v) is 19.4. The van der Waals surface area contributed by atoms with E-state index in [9.17, 15) is 18.0 Å². The molecular formula is C23H32N4O4S. The summed E-state index contributed by atoms with van der Waals surface area (Å²) in [5, 5.41) is 0. The van der Waals surface area contributed by atoms with Gasteiger partial charge in [-0.3, -0.25) is 14.5 Å². The smallest absolute Gasteiger partial charge is 0.243 e. The van der Waals surface area contributed by atoms with Crippen molar-refractivity contribution in [1.82, 2.24) is 19.0 Å². The molecule has 4 aliphatic rings. The van der Waals surface area contributed by atoms with Crippen LogP contribution in [-0.4, -0.2) is 98.1 Å². The number of nitrogens with zero attached hydrogens (tertiary/aromatic N) is 4. The van der Waals surface area contributed by atoms with Crippen LogP contribution < -0.4 is 0 Å². The molecule has 0 unspecified atom stereocenters. The Morgan fingerprint density at radius 1 is 0.844 bits per heavy atom. The lowest BCUT2D eigenvalue weighted by Gasteiger charge is -2.37. The summed E-state index contributed by atoms with van der Waals surface area (Å²) in [4.78, 5) is 31.1. The van der Waals surface area contributed by atoms with Crippen LogP contribution in [-0.2, 0) is 32.5 Å². The van der Waals surface area contributed by atoms with Crippen LogP contribution in [0.1, 0.15) is 30.4 Å². The molecule has 8 nitrogen and oxygen atoms in total. The van der Waals surface area contributed by atoms with Crippen molar-refractivity contribution in [3.05, 3.63) is 29.3 Å². The molecule has 1 aromatic carbocycles. The Hall–Kier alpha value is -1.97. The lowest BCUT2D eigenvalue weighted by Crippen LogP contribution is -2.55. The lowest BCUT2D eigenvalue weighted by atomic mass is 10.1. The fourth-order valence-corrected chi connectivity index (χ4v) is 6.52. The van der Waals surface area contributed by atoms with Gasteiger partial charge in [0.2, 0.25) is 21.8 Å². The fourth-order valence-electron chi connectivity index (χ4n) is 5.04. The second-order valence-electron chi connectivity index (χ2n) is 9.44. The molecular weight excluding hydrogens is 428 g/mol. The van der Waals surface area contributed by atoms with Crippen molar-refractivity contribution in [1.29, 1.82) is 0 Å². The van der Waals surface area contributed by atoms with Gasteiger partial charge >= 0.3 is 0 Å². The minimum absolute atomic E-state index is 0.0680. The van der Waals surface area contributed by atoms with Crippen LogP contribution in [0.25, 0.3) is 0 Å². The summed E-state index contributed by atoms with van der Waals surface area (Å²) in [6.07, 6.45) is 5.10. The van der Waals surface area contributed by atoms with E-state index in [0.717, 1.165) is 37.7 Å². The summed E-state index contributed by atoms with van der Waals surface area (Å²) < 4.78 is 27.8. The molecule has 0 atom stereocenters. The summed E-state index contributed by atoms with van der Waals surface area (Å²) in [6.45, 7) is 4.62. The van der Waals surface area contributed by atoms with E-state index in [2.05, 4.69) is 0 Å². The summed E-state index contributed by atoms with van der Waals surface area (Å²) in [5.41, 5.74) is 2.43. The molecule has 2 aliphatic heterocycles. The van der Waals surface area contributed by atoms with Crippen LogP contribution in [0.15, 0.2) is 23.1 Å². The largest absolute Gasteiger partial charge is 0.339 e. The van der Waals surface area contributed by atoms with Gasteiger partial charge in [-0.25, -0.2) is 8.42 Å². The van der Waals surface area contributed by atoms with Gasteiger partial charge in [-0.15, -0.1) is 0 Å². The van der Waals surface area contributed by atoms with Crippen molar-refractivity contribution in [2.75, 3.05) is 58.9 Å². The van der Waals surface area contributed by atoms with Gasteiger partial charge in [0.15, 0.2) is 0 Å². The van der Waals surface area contributed by atoms with Crippen LogP contribution in [0.5, 0.6) is 0 Å². The molecule has 174 valence electrons. The van der Waals surface area contributed by atoms with Gasteiger partial charge in [0.1, 0.15) is 0 Å². The van der Waals surface area contributed by atoms with Crippen LogP contribution in [0.3, 0.4) is 0 Å². The van der Waals surface area contributed by atoms with Crippen LogP contribution in [0, 0.1) is 5.92 Å². The van der Waals surface area contributed by atoms with Gasteiger partial charge in [0, 0.05) is 58.3 Å². The summed E-state index contributed by atoms with van der Waals surface area (Å²) in [5.74, 6) is 0.540. The van der Waals surface area contributed by atoms with Crippen LogP contribution >= 0.6 is 0 Å². The SMILES string of the molecule is O=C(CN1CCN(S(=O)(=O)c2ccc3c(c2)CCC3)CC1)N1CCN(C(=O)C2CC2)CC1. The van der Waals surface area contributed by atoms with E-state index in [1.165, 1.54) is 5.56 Å². The van der Waals surface area contributed by atoms with E-state index in [4.69, 9.17) is 0 Å². The van der Waals surface area contributed by atoms with E-state index in [-0.39, 0.29) is 17.7 Å². The normalized spacial score (nSPS) is 22.8. The first-order chi connectivity index (χ1) is 15.4. The molecule has 0 radical (unpaired) electrons. The van der Waals surface area contributed by atoms with Gasteiger partial charge in [0.25, 0.3) is 0 Å². The van der Waals surface area contributed by atoms with Gasteiger partial charge in [-0.1, -0.05) is 6.07 Å².